The average Bonchev–Trinajstić information content (AvgIpc) is 2.68. The van der Waals surface area contributed by atoms with Crippen LogP contribution in [0.15, 0.2) is 35.1 Å². The second kappa shape index (κ2) is 3.29. The summed E-state index contributed by atoms with van der Waals surface area (Å²) in [7, 11) is 0. The fraction of sp³-hybridized carbons (Fsp3) is 0. The summed E-state index contributed by atoms with van der Waals surface area (Å²) in [5.41, 5.74) is 0.701. The van der Waals surface area contributed by atoms with E-state index in [-0.39, 0.29) is 5.89 Å². The number of oxazole rings is 1. The highest BCUT2D eigenvalue weighted by Crippen LogP contribution is 2.18. The Balaban J connectivity index is 2.39. The number of rotatable bonds is 2. The molecule has 0 atom stereocenters. The molecule has 0 saturated heterocycles. The predicted molar refractivity (Wildman–Crippen MR) is 46.7 cm³/mol. The number of aromatic nitrogens is 2. The monoisotopic (exact) mass is 190 g/mol. The quantitative estimate of drug-likeness (QED) is 0.775. The third kappa shape index (κ3) is 1.47. The Kier molecular flexibility index (Phi) is 1.98. The number of pyridine rings is 1. The Bertz CT molecular complexity index is 450. The number of hydrogen-bond donors (Lipinski definition) is 1. The van der Waals surface area contributed by atoms with Gasteiger partial charge in [0.05, 0.1) is 6.20 Å². The molecule has 5 heteroatoms. The molecule has 0 fully saturated rings. The van der Waals surface area contributed by atoms with Gasteiger partial charge in [-0.05, 0) is 12.1 Å². The first-order valence-corrected chi connectivity index (χ1v) is 3.87. The van der Waals surface area contributed by atoms with Gasteiger partial charge in [0.1, 0.15) is 0 Å². The van der Waals surface area contributed by atoms with Gasteiger partial charge in [0.15, 0.2) is 5.76 Å². The van der Waals surface area contributed by atoms with E-state index in [1.165, 1.54) is 6.20 Å². The second-order valence-electron chi connectivity index (χ2n) is 2.58. The van der Waals surface area contributed by atoms with Gasteiger partial charge in [-0.15, -0.1) is 0 Å². The first-order valence-electron chi connectivity index (χ1n) is 3.87. The summed E-state index contributed by atoms with van der Waals surface area (Å²) in [5, 5.41) is 8.57. The van der Waals surface area contributed by atoms with Gasteiger partial charge in [-0.3, -0.25) is 4.98 Å². The van der Waals surface area contributed by atoms with E-state index in [9.17, 15) is 4.79 Å². The largest absolute Gasteiger partial charge is 0.474 e. The highest BCUT2D eigenvalue weighted by atomic mass is 16.4. The maximum atomic E-state index is 10.5. The zero-order valence-corrected chi connectivity index (χ0v) is 7.04. The Labute approximate surface area is 79.0 Å². The van der Waals surface area contributed by atoms with Crippen molar-refractivity contribution in [1.82, 2.24) is 9.97 Å². The third-order valence-corrected chi connectivity index (χ3v) is 1.63. The van der Waals surface area contributed by atoms with Crippen LogP contribution >= 0.6 is 0 Å². The number of carbonyl (C=O) groups is 1. The summed E-state index contributed by atoms with van der Waals surface area (Å²) in [5.74, 6) is -1.10. The van der Waals surface area contributed by atoms with Crippen molar-refractivity contribution in [3.8, 4) is 11.3 Å². The molecule has 0 spiro atoms. The third-order valence-electron chi connectivity index (χ3n) is 1.63. The molecule has 0 bridgehead atoms. The van der Waals surface area contributed by atoms with Gasteiger partial charge in [-0.2, -0.15) is 0 Å². The molecular formula is C9H6N2O3. The SMILES string of the molecule is O=C(O)c1ncc(-c2cccnc2)o1. The lowest BCUT2D eigenvalue weighted by atomic mass is 10.2. The van der Waals surface area contributed by atoms with E-state index < -0.39 is 5.97 Å². The van der Waals surface area contributed by atoms with Crippen molar-refractivity contribution in [2.24, 2.45) is 0 Å². The first kappa shape index (κ1) is 8.43. The molecule has 0 saturated carbocycles. The molecule has 0 aliphatic rings. The van der Waals surface area contributed by atoms with Crippen LogP contribution < -0.4 is 0 Å². The van der Waals surface area contributed by atoms with Crippen molar-refractivity contribution in [2.45, 2.75) is 0 Å². The number of nitrogens with zero attached hydrogens (tertiary/aromatic N) is 2. The number of aromatic carboxylic acids is 1. The Morgan fingerprint density at radius 1 is 1.43 bits per heavy atom. The molecule has 5 nitrogen and oxygen atoms in total. The summed E-state index contributed by atoms with van der Waals surface area (Å²) in [6, 6.07) is 3.50. The van der Waals surface area contributed by atoms with Gasteiger partial charge in [0, 0.05) is 18.0 Å². The molecule has 1 N–H and O–H groups in total. The summed E-state index contributed by atoms with van der Waals surface area (Å²) < 4.78 is 4.98. The zero-order chi connectivity index (χ0) is 9.97. The minimum Gasteiger partial charge on any atom is -0.474 e. The molecule has 70 valence electrons. The fourth-order valence-electron chi connectivity index (χ4n) is 1.01. The van der Waals surface area contributed by atoms with E-state index in [0.717, 1.165) is 0 Å². The van der Waals surface area contributed by atoms with Gasteiger partial charge >= 0.3 is 11.9 Å². The van der Waals surface area contributed by atoms with E-state index in [0.29, 0.717) is 11.3 Å². The van der Waals surface area contributed by atoms with Crippen LogP contribution in [0.3, 0.4) is 0 Å². The van der Waals surface area contributed by atoms with Gasteiger partial charge < -0.3 is 9.52 Å². The Hall–Kier alpha value is -2.17. The standard InChI is InChI=1S/C9H6N2O3/c12-9(13)8-11-5-7(14-8)6-2-1-3-10-4-6/h1-5H,(H,12,13). The molecule has 2 aromatic rings. The summed E-state index contributed by atoms with van der Waals surface area (Å²) in [6.45, 7) is 0. The lowest BCUT2D eigenvalue weighted by Gasteiger charge is -1.92. The minimum atomic E-state index is -1.18. The number of carboxylic acids is 1. The van der Waals surface area contributed by atoms with Crippen LogP contribution in [0, 0.1) is 0 Å². The van der Waals surface area contributed by atoms with Crippen LogP contribution in [0.5, 0.6) is 0 Å². The molecule has 2 aromatic heterocycles. The molecule has 0 amide bonds. The van der Waals surface area contributed by atoms with Crippen molar-refractivity contribution in [2.75, 3.05) is 0 Å². The van der Waals surface area contributed by atoms with Crippen molar-refractivity contribution >= 4 is 5.97 Å². The Morgan fingerprint density at radius 2 is 2.29 bits per heavy atom. The normalized spacial score (nSPS) is 10.0. The van der Waals surface area contributed by atoms with Crippen molar-refractivity contribution in [1.29, 1.82) is 0 Å². The van der Waals surface area contributed by atoms with E-state index in [4.69, 9.17) is 9.52 Å². The summed E-state index contributed by atoms with van der Waals surface area (Å²) in [4.78, 5) is 18.0. The van der Waals surface area contributed by atoms with E-state index in [2.05, 4.69) is 9.97 Å². The van der Waals surface area contributed by atoms with Crippen molar-refractivity contribution < 1.29 is 14.3 Å². The number of hydrogen-bond acceptors (Lipinski definition) is 4. The van der Waals surface area contributed by atoms with E-state index in [1.54, 1.807) is 24.5 Å². The van der Waals surface area contributed by atoms with Crippen LogP contribution in [0.2, 0.25) is 0 Å². The maximum Gasteiger partial charge on any atom is 0.392 e. The molecule has 0 aliphatic carbocycles. The molecule has 2 rings (SSSR count). The molecule has 0 aliphatic heterocycles. The van der Waals surface area contributed by atoms with Gasteiger partial charge in [-0.25, -0.2) is 9.78 Å². The smallest absolute Gasteiger partial charge is 0.392 e. The van der Waals surface area contributed by atoms with Crippen LogP contribution in [-0.4, -0.2) is 21.0 Å². The van der Waals surface area contributed by atoms with Gasteiger partial charge in [-0.1, -0.05) is 0 Å². The first-order chi connectivity index (χ1) is 6.77. The summed E-state index contributed by atoms with van der Waals surface area (Å²) >= 11 is 0. The maximum absolute atomic E-state index is 10.5. The number of carboxylic acid groups (broad SMARTS) is 1. The highest BCUT2D eigenvalue weighted by Gasteiger charge is 2.11. The van der Waals surface area contributed by atoms with Gasteiger partial charge in [0.2, 0.25) is 0 Å². The van der Waals surface area contributed by atoms with E-state index in [1.807, 2.05) is 0 Å². The molecule has 0 radical (unpaired) electrons. The zero-order valence-electron chi connectivity index (χ0n) is 7.04. The van der Waals surface area contributed by atoms with Crippen molar-refractivity contribution in [3.63, 3.8) is 0 Å². The lowest BCUT2D eigenvalue weighted by Crippen LogP contribution is -1.94. The van der Waals surface area contributed by atoms with Crippen LogP contribution in [0.1, 0.15) is 10.7 Å². The average molecular weight is 190 g/mol. The van der Waals surface area contributed by atoms with Crippen LogP contribution in [-0.2, 0) is 0 Å². The van der Waals surface area contributed by atoms with Crippen molar-refractivity contribution in [3.05, 3.63) is 36.6 Å². The topological polar surface area (TPSA) is 76.2 Å². The fourth-order valence-corrected chi connectivity index (χ4v) is 1.01. The molecule has 2 heterocycles. The Morgan fingerprint density at radius 3 is 2.86 bits per heavy atom. The van der Waals surface area contributed by atoms with E-state index >= 15 is 0 Å². The lowest BCUT2D eigenvalue weighted by molar-refractivity contribution is 0.0654. The van der Waals surface area contributed by atoms with Gasteiger partial charge in [0.25, 0.3) is 0 Å². The molecule has 14 heavy (non-hydrogen) atoms. The molecule has 0 aromatic carbocycles. The second-order valence-corrected chi connectivity index (χ2v) is 2.58. The molecule has 0 unspecified atom stereocenters. The predicted octanol–water partition coefficient (Wildman–Crippen LogP) is 1.43. The highest BCUT2D eigenvalue weighted by molar-refractivity contribution is 5.82. The van der Waals surface area contributed by atoms with Crippen LogP contribution in [0.4, 0.5) is 0 Å². The van der Waals surface area contributed by atoms with Crippen LogP contribution in [0.25, 0.3) is 11.3 Å². The molecular weight excluding hydrogens is 184 g/mol. The minimum absolute atomic E-state index is 0.316. The summed E-state index contributed by atoms with van der Waals surface area (Å²) in [6.07, 6.45) is 4.56.